The van der Waals surface area contributed by atoms with Crippen LogP contribution >= 0.6 is 11.3 Å². The van der Waals surface area contributed by atoms with Gasteiger partial charge in [0.1, 0.15) is 16.8 Å². The summed E-state index contributed by atoms with van der Waals surface area (Å²) in [6, 6.07) is 6.24. The first-order valence-corrected chi connectivity index (χ1v) is 11.0. The molecule has 2 aliphatic rings. The van der Waals surface area contributed by atoms with E-state index in [2.05, 4.69) is 23.6 Å². The Hall–Kier alpha value is -2.21. The van der Waals surface area contributed by atoms with Gasteiger partial charge in [0.2, 0.25) is 0 Å². The van der Waals surface area contributed by atoms with Crippen molar-refractivity contribution in [3.8, 4) is 0 Å². The lowest BCUT2D eigenvalue weighted by atomic mass is 9.85. The van der Waals surface area contributed by atoms with Crippen LogP contribution in [-0.2, 0) is 16.8 Å². The fourth-order valence-electron chi connectivity index (χ4n) is 4.65. The molecule has 0 saturated heterocycles. The van der Waals surface area contributed by atoms with Crippen molar-refractivity contribution in [1.29, 1.82) is 0 Å². The van der Waals surface area contributed by atoms with E-state index in [-0.39, 0.29) is 0 Å². The molecule has 5 rings (SSSR count). The van der Waals surface area contributed by atoms with E-state index < -0.39 is 11.4 Å². The Kier molecular flexibility index (Phi) is 4.09. The predicted molar refractivity (Wildman–Crippen MR) is 110 cm³/mol. The second kappa shape index (κ2) is 6.41. The van der Waals surface area contributed by atoms with E-state index in [1.165, 1.54) is 23.3 Å². The molecule has 0 amide bonds. The lowest BCUT2D eigenvalue weighted by molar-refractivity contribution is -0.143. The molecule has 5 nitrogen and oxygen atoms in total. The third-order valence-corrected chi connectivity index (χ3v) is 7.58. The molecule has 0 unspecified atom stereocenters. The van der Waals surface area contributed by atoms with E-state index in [0.29, 0.717) is 5.92 Å². The summed E-state index contributed by atoms with van der Waals surface area (Å²) in [5.74, 6) is 1.01. The average Bonchev–Trinajstić information content (AvgIpc) is 3.07. The number of pyridine rings is 1. The molecule has 3 heterocycles. The summed E-state index contributed by atoms with van der Waals surface area (Å²) in [5.41, 5.74) is 3.47. The van der Waals surface area contributed by atoms with Gasteiger partial charge in [-0.05, 0) is 63.3 Å². The number of aryl methyl sites for hydroxylation is 2. The highest BCUT2D eigenvalue weighted by molar-refractivity contribution is 7.12. The average molecular weight is 396 g/mol. The van der Waals surface area contributed by atoms with Gasteiger partial charge in [-0.25, -0.2) is 9.97 Å². The van der Waals surface area contributed by atoms with Crippen LogP contribution in [0.25, 0.3) is 11.2 Å². The summed E-state index contributed by atoms with van der Waals surface area (Å²) in [6.45, 7) is 4.85. The van der Waals surface area contributed by atoms with Gasteiger partial charge in [0.25, 0.3) is 0 Å². The third kappa shape index (κ3) is 2.77. The van der Waals surface area contributed by atoms with Crippen molar-refractivity contribution in [1.82, 2.24) is 14.5 Å². The van der Waals surface area contributed by atoms with Crippen molar-refractivity contribution in [2.45, 2.75) is 70.3 Å². The van der Waals surface area contributed by atoms with Gasteiger partial charge in [0.15, 0.2) is 5.65 Å². The highest BCUT2D eigenvalue weighted by Gasteiger charge is 2.44. The number of hydrogen-bond acceptors (Lipinski definition) is 4. The first kappa shape index (κ1) is 17.9. The van der Waals surface area contributed by atoms with Gasteiger partial charge in [-0.2, -0.15) is 0 Å². The van der Waals surface area contributed by atoms with Gasteiger partial charge in [0.05, 0.1) is 6.54 Å². The molecule has 2 fully saturated rings. The molecular weight excluding hydrogens is 370 g/mol. The standard InChI is InChI=1S/C22H25N3O2S/c1-13-11-14(2)23-20-18(13)24-19(15-5-6-15)25(20)12-16-7-8-17(28-16)22(21(26)27)9-3-4-10-22/h7-8,11,15H,3-6,9-10,12H2,1-2H3,(H,26,27). The quantitative estimate of drug-likeness (QED) is 0.665. The summed E-state index contributed by atoms with van der Waals surface area (Å²) < 4.78 is 2.27. The van der Waals surface area contributed by atoms with Crippen LogP contribution in [0.15, 0.2) is 18.2 Å². The van der Waals surface area contributed by atoms with Crippen LogP contribution in [0.4, 0.5) is 0 Å². The smallest absolute Gasteiger partial charge is 0.314 e. The van der Waals surface area contributed by atoms with Crippen LogP contribution in [0.1, 0.15) is 71.3 Å². The van der Waals surface area contributed by atoms with Crippen LogP contribution in [0.5, 0.6) is 0 Å². The Labute approximate surface area is 168 Å². The molecule has 3 aromatic heterocycles. The van der Waals surface area contributed by atoms with Crippen molar-refractivity contribution in [2.75, 3.05) is 0 Å². The zero-order valence-electron chi connectivity index (χ0n) is 16.4. The second-order valence-electron chi connectivity index (χ2n) is 8.44. The van der Waals surface area contributed by atoms with E-state index in [1.807, 2.05) is 13.0 Å². The Bertz CT molecular complexity index is 1070. The molecule has 2 aliphatic carbocycles. The van der Waals surface area contributed by atoms with Crippen LogP contribution in [0.2, 0.25) is 0 Å². The SMILES string of the molecule is Cc1cc(C)c2nc(C3CC3)n(Cc3ccc(C4(C(=O)O)CCCC4)s3)c2n1. The maximum atomic E-state index is 12.0. The van der Waals surface area contributed by atoms with Crippen molar-refractivity contribution >= 4 is 28.5 Å². The van der Waals surface area contributed by atoms with Crippen molar-refractivity contribution in [2.24, 2.45) is 0 Å². The van der Waals surface area contributed by atoms with Crippen molar-refractivity contribution < 1.29 is 9.90 Å². The maximum Gasteiger partial charge on any atom is 0.314 e. The first-order valence-electron chi connectivity index (χ1n) is 10.1. The number of carbonyl (C=O) groups is 1. The first-order chi connectivity index (χ1) is 13.5. The molecule has 0 aliphatic heterocycles. The second-order valence-corrected chi connectivity index (χ2v) is 9.61. The third-order valence-electron chi connectivity index (χ3n) is 6.31. The lowest BCUT2D eigenvalue weighted by Crippen LogP contribution is -2.31. The van der Waals surface area contributed by atoms with Gasteiger partial charge in [-0.15, -0.1) is 11.3 Å². The van der Waals surface area contributed by atoms with E-state index in [1.54, 1.807) is 11.3 Å². The van der Waals surface area contributed by atoms with Crippen LogP contribution in [0.3, 0.4) is 0 Å². The molecule has 0 spiro atoms. The van der Waals surface area contributed by atoms with Gasteiger partial charge in [-0.3, -0.25) is 4.79 Å². The zero-order chi connectivity index (χ0) is 19.5. The van der Waals surface area contributed by atoms with Gasteiger partial charge >= 0.3 is 5.97 Å². The van der Waals surface area contributed by atoms with Crippen LogP contribution in [-0.4, -0.2) is 25.6 Å². The summed E-state index contributed by atoms with van der Waals surface area (Å²) in [6.07, 6.45) is 5.89. The molecule has 0 bridgehead atoms. The largest absolute Gasteiger partial charge is 0.481 e. The molecule has 28 heavy (non-hydrogen) atoms. The Balaban J connectivity index is 1.55. The Morgan fingerprint density at radius 3 is 2.68 bits per heavy atom. The van der Waals surface area contributed by atoms with E-state index in [4.69, 9.17) is 9.97 Å². The number of rotatable bonds is 5. The lowest BCUT2D eigenvalue weighted by Gasteiger charge is -2.22. The number of thiophene rings is 1. The summed E-state index contributed by atoms with van der Waals surface area (Å²) in [5, 5.41) is 9.89. The summed E-state index contributed by atoms with van der Waals surface area (Å²) in [4.78, 5) is 24.0. The minimum atomic E-state index is -0.676. The fraction of sp³-hybridized carbons (Fsp3) is 0.500. The van der Waals surface area contributed by atoms with Crippen LogP contribution < -0.4 is 0 Å². The van der Waals surface area contributed by atoms with Gasteiger partial charge < -0.3 is 9.67 Å². The number of imidazole rings is 1. The van der Waals surface area contributed by atoms with E-state index in [9.17, 15) is 9.90 Å². The van der Waals surface area contributed by atoms with Gasteiger partial charge in [-0.1, -0.05) is 12.8 Å². The molecule has 0 aromatic carbocycles. The zero-order valence-corrected chi connectivity index (χ0v) is 17.2. The molecule has 1 N–H and O–H groups in total. The number of carboxylic acid groups (broad SMARTS) is 1. The van der Waals surface area contributed by atoms with Crippen molar-refractivity contribution in [3.63, 3.8) is 0 Å². The molecule has 2 saturated carbocycles. The number of hydrogen-bond donors (Lipinski definition) is 1. The fourth-order valence-corrected chi connectivity index (χ4v) is 5.88. The molecule has 0 radical (unpaired) electrons. The number of nitrogens with zero attached hydrogens (tertiary/aromatic N) is 3. The number of aromatic nitrogens is 3. The summed E-state index contributed by atoms with van der Waals surface area (Å²) >= 11 is 1.66. The Morgan fingerprint density at radius 2 is 2.00 bits per heavy atom. The number of carboxylic acids is 1. The Morgan fingerprint density at radius 1 is 1.25 bits per heavy atom. The number of aliphatic carboxylic acids is 1. The van der Waals surface area contributed by atoms with Gasteiger partial charge in [0, 0.05) is 21.4 Å². The maximum absolute atomic E-state index is 12.0. The van der Waals surface area contributed by atoms with E-state index >= 15 is 0 Å². The molecule has 3 aromatic rings. The minimum Gasteiger partial charge on any atom is -0.481 e. The predicted octanol–water partition coefficient (Wildman–Crippen LogP) is 4.93. The van der Waals surface area contributed by atoms with Crippen LogP contribution in [0, 0.1) is 13.8 Å². The minimum absolute atomic E-state index is 0.536. The normalized spacial score (nSPS) is 18.8. The number of fused-ring (bicyclic) bond motifs is 1. The highest BCUT2D eigenvalue weighted by atomic mass is 32.1. The molecule has 146 valence electrons. The van der Waals surface area contributed by atoms with Crippen molar-refractivity contribution in [3.05, 3.63) is 45.0 Å². The van der Waals surface area contributed by atoms with E-state index in [0.717, 1.165) is 59.8 Å². The topological polar surface area (TPSA) is 68.0 Å². The molecule has 0 atom stereocenters. The molecular formula is C22H25N3O2S. The molecule has 6 heteroatoms. The highest BCUT2D eigenvalue weighted by Crippen LogP contribution is 2.45. The monoisotopic (exact) mass is 395 g/mol. The summed E-state index contributed by atoms with van der Waals surface area (Å²) in [7, 11) is 0.